The summed E-state index contributed by atoms with van der Waals surface area (Å²) in [6, 6.07) is 2.88. The highest BCUT2D eigenvalue weighted by Crippen LogP contribution is 2.35. The van der Waals surface area contributed by atoms with Crippen LogP contribution < -0.4 is 10.1 Å². The molecule has 1 amide bonds. The van der Waals surface area contributed by atoms with Crippen LogP contribution in [0.3, 0.4) is 0 Å². The molecule has 0 saturated heterocycles. The van der Waals surface area contributed by atoms with E-state index in [0.29, 0.717) is 14.7 Å². The summed E-state index contributed by atoms with van der Waals surface area (Å²) >= 11 is 6.49. The zero-order valence-electron chi connectivity index (χ0n) is 11.2. The smallest absolute Gasteiger partial charge is 0.335 e. The summed E-state index contributed by atoms with van der Waals surface area (Å²) in [5.41, 5.74) is 0.121. The van der Waals surface area contributed by atoms with Gasteiger partial charge in [0.2, 0.25) is 0 Å². The number of hydrogen-bond donors (Lipinski definition) is 2. The summed E-state index contributed by atoms with van der Waals surface area (Å²) in [6.45, 7) is 5.35. The zero-order chi connectivity index (χ0) is 15.4. The molecular weight excluding hydrogens is 394 g/mol. The third kappa shape index (κ3) is 4.49. The van der Waals surface area contributed by atoms with Crippen molar-refractivity contribution in [2.24, 2.45) is 0 Å². The number of carboxylic acid groups (broad SMARTS) is 1. The maximum Gasteiger partial charge on any atom is 0.335 e. The Morgan fingerprint density at radius 3 is 2.10 bits per heavy atom. The van der Waals surface area contributed by atoms with E-state index in [-0.39, 0.29) is 17.5 Å². The van der Waals surface area contributed by atoms with Gasteiger partial charge < -0.3 is 15.2 Å². The molecule has 5 nitrogen and oxygen atoms in total. The van der Waals surface area contributed by atoms with Crippen LogP contribution in [-0.2, 0) is 4.79 Å². The largest absolute Gasteiger partial charge is 0.479 e. The summed E-state index contributed by atoms with van der Waals surface area (Å²) in [5, 5.41) is 11.7. The molecule has 0 radical (unpaired) electrons. The fraction of sp³-hybridized carbons (Fsp3) is 0.385. The van der Waals surface area contributed by atoms with Gasteiger partial charge in [-0.15, -0.1) is 0 Å². The second-order valence-corrected chi connectivity index (χ2v) is 6.21. The van der Waals surface area contributed by atoms with Gasteiger partial charge in [-0.25, -0.2) is 4.79 Å². The van der Waals surface area contributed by atoms with E-state index in [9.17, 15) is 9.59 Å². The molecule has 0 aliphatic rings. The van der Waals surface area contributed by atoms with Crippen LogP contribution in [0.4, 0.5) is 0 Å². The predicted molar refractivity (Wildman–Crippen MR) is 82.2 cm³/mol. The van der Waals surface area contributed by atoms with Crippen LogP contribution in [0.1, 0.15) is 31.1 Å². The molecule has 0 bridgehead atoms. The number of rotatable bonds is 5. The number of hydrogen-bond acceptors (Lipinski definition) is 3. The lowest BCUT2D eigenvalue weighted by atomic mass is 10.2. The van der Waals surface area contributed by atoms with Crippen molar-refractivity contribution < 1.29 is 19.4 Å². The molecular formula is C13H15Br2NO4. The minimum atomic E-state index is -1.04. The Labute approximate surface area is 134 Å². The van der Waals surface area contributed by atoms with Crippen molar-refractivity contribution in [2.45, 2.75) is 32.9 Å². The average Bonchev–Trinajstić information content (AvgIpc) is 2.32. The molecule has 0 aromatic heterocycles. The molecule has 1 aromatic carbocycles. The van der Waals surface area contributed by atoms with E-state index in [1.54, 1.807) is 6.92 Å². The van der Waals surface area contributed by atoms with Crippen LogP contribution in [0.25, 0.3) is 0 Å². The van der Waals surface area contributed by atoms with Crippen molar-refractivity contribution in [3.8, 4) is 5.75 Å². The molecule has 0 spiro atoms. The van der Waals surface area contributed by atoms with Gasteiger partial charge >= 0.3 is 5.97 Å². The molecule has 1 atom stereocenters. The van der Waals surface area contributed by atoms with Crippen LogP contribution in [0.2, 0.25) is 0 Å². The highest BCUT2D eigenvalue weighted by atomic mass is 79.9. The molecule has 20 heavy (non-hydrogen) atoms. The van der Waals surface area contributed by atoms with Gasteiger partial charge in [0.1, 0.15) is 5.75 Å². The second-order valence-electron chi connectivity index (χ2n) is 4.50. The molecule has 0 saturated carbocycles. The van der Waals surface area contributed by atoms with Gasteiger partial charge in [0, 0.05) is 6.04 Å². The summed E-state index contributed by atoms with van der Waals surface area (Å²) < 4.78 is 6.51. The number of carboxylic acids is 1. The van der Waals surface area contributed by atoms with Crippen LogP contribution in [-0.4, -0.2) is 29.1 Å². The van der Waals surface area contributed by atoms with Crippen molar-refractivity contribution in [1.82, 2.24) is 5.32 Å². The molecule has 7 heteroatoms. The first-order valence-electron chi connectivity index (χ1n) is 5.91. The molecule has 0 heterocycles. The van der Waals surface area contributed by atoms with Crippen molar-refractivity contribution in [2.75, 3.05) is 0 Å². The van der Waals surface area contributed by atoms with E-state index in [1.807, 2.05) is 13.8 Å². The van der Waals surface area contributed by atoms with Gasteiger partial charge in [0.25, 0.3) is 5.91 Å². The molecule has 1 rings (SSSR count). The molecule has 0 aliphatic carbocycles. The van der Waals surface area contributed by atoms with Gasteiger partial charge in [-0.3, -0.25) is 4.79 Å². The highest BCUT2D eigenvalue weighted by molar-refractivity contribution is 9.11. The lowest BCUT2D eigenvalue weighted by molar-refractivity contribution is -0.127. The lowest BCUT2D eigenvalue weighted by Gasteiger charge is -2.18. The molecule has 0 aliphatic heterocycles. The quantitative estimate of drug-likeness (QED) is 0.784. The topological polar surface area (TPSA) is 75.6 Å². The van der Waals surface area contributed by atoms with Gasteiger partial charge in [-0.2, -0.15) is 0 Å². The Hall–Kier alpha value is -1.08. The predicted octanol–water partition coefficient (Wildman–Crippen LogP) is 3.20. The van der Waals surface area contributed by atoms with E-state index in [4.69, 9.17) is 9.84 Å². The summed E-state index contributed by atoms with van der Waals surface area (Å²) in [4.78, 5) is 22.7. The minimum absolute atomic E-state index is 0.0230. The number of aromatic carboxylic acids is 1. The Kier molecular flexibility index (Phi) is 6.01. The average molecular weight is 409 g/mol. The fourth-order valence-corrected chi connectivity index (χ4v) is 2.80. The third-order valence-electron chi connectivity index (χ3n) is 2.34. The monoisotopic (exact) mass is 407 g/mol. The van der Waals surface area contributed by atoms with E-state index >= 15 is 0 Å². The number of ether oxygens (including phenoxy) is 1. The molecule has 2 N–H and O–H groups in total. The van der Waals surface area contributed by atoms with Crippen molar-refractivity contribution in [3.63, 3.8) is 0 Å². The third-order valence-corrected chi connectivity index (χ3v) is 3.52. The number of amides is 1. The number of carbonyl (C=O) groups is 2. The van der Waals surface area contributed by atoms with E-state index in [0.717, 1.165) is 0 Å². The fourth-order valence-electron chi connectivity index (χ4n) is 1.43. The van der Waals surface area contributed by atoms with Gasteiger partial charge in [-0.1, -0.05) is 0 Å². The molecule has 0 fully saturated rings. The number of carbonyl (C=O) groups excluding carboxylic acids is 1. The van der Waals surface area contributed by atoms with E-state index in [1.165, 1.54) is 12.1 Å². The number of halogens is 2. The zero-order valence-corrected chi connectivity index (χ0v) is 14.4. The van der Waals surface area contributed by atoms with Gasteiger partial charge in [0.05, 0.1) is 14.5 Å². The second kappa shape index (κ2) is 7.08. The summed E-state index contributed by atoms with van der Waals surface area (Å²) in [5.74, 6) is -0.883. The lowest BCUT2D eigenvalue weighted by Crippen LogP contribution is -2.40. The maximum atomic E-state index is 11.8. The normalized spacial score (nSPS) is 12.1. The Morgan fingerprint density at radius 1 is 1.20 bits per heavy atom. The summed E-state index contributed by atoms with van der Waals surface area (Å²) in [6.07, 6.45) is -0.694. The van der Waals surface area contributed by atoms with E-state index < -0.39 is 12.1 Å². The highest BCUT2D eigenvalue weighted by Gasteiger charge is 2.19. The van der Waals surface area contributed by atoms with Crippen LogP contribution in [0, 0.1) is 0 Å². The van der Waals surface area contributed by atoms with Gasteiger partial charge in [0.15, 0.2) is 6.10 Å². The minimum Gasteiger partial charge on any atom is -0.479 e. The Bertz CT molecular complexity index is 508. The van der Waals surface area contributed by atoms with Crippen LogP contribution in [0.5, 0.6) is 5.75 Å². The summed E-state index contributed by atoms with van der Waals surface area (Å²) in [7, 11) is 0. The first kappa shape index (κ1) is 17.0. The molecule has 1 unspecified atom stereocenters. The number of nitrogens with one attached hydrogen (secondary N) is 1. The Morgan fingerprint density at radius 2 is 1.70 bits per heavy atom. The van der Waals surface area contributed by atoms with Crippen LogP contribution in [0.15, 0.2) is 21.1 Å². The van der Waals surface area contributed by atoms with Crippen molar-refractivity contribution in [3.05, 3.63) is 26.6 Å². The molecule has 1 aromatic rings. The SMILES string of the molecule is CC(C)NC(=O)C(C)Oc1c(Br)cc(C(=O)O)cc1Br. The maximum absolute atomic E-state index is 11.8. The number of benzene rings is 1. The van der Waals surface area contributed by atoms with Crippen molar-refractivity contribution in [1.29, 1.82) is 0 Å². The van der Waals surface area contributed by atoms with E-state index in [2.05, 4.69) is 37.2 Å². The van der Waals surface area contributed by atoms with Crippen molar-refractivity contribution >= 4 is 43.7 Å². The van der Waals surface area contributed by atoms with Gasteiger partial charge in [-0.05, 0) is 64.8 Å². The molecule has 110 valence electrons. The first-order valence-corrected chi connectivity index (χ1v) is 7.50. The first-order chi connectivity index (χ1) is 9.22. The van der Waals surface area contributed by atoms with Crippen LogP contribution >= 0.6 is 31.9 Å². The Balaban J connectivity index is 2.93. The standard InChI is InChI=1S/C13H15Br2NO4/c1-6(2)16-12(17)7(3)20-11-9(14)4-8(13(18)19)5-10(11)15/h4-7H,1-3H3,(H,16,17)(H,18,19).